The Kier molecular flexibility index (Phi) is 4.79. The van der Waals surface area contributed by atoms with E-state index in [1.54, 1.807) is 6.92 Å². The second-order valence-corrected chi connectivity index (χ2v) is 6.32. The minimum absolute atomic E-state index is 0.0258. The molecule has 25 heavy (non-hydrogen) atoms. The van der Waals surface area contributed by atoms with Crippen molar-refractivity contribution >= 4 is 17.7 Å². The first-order valence-corrected chi connectivity index (χ1v) is 8.48. The van der Waals surface area contributed by atoms with Gasteiger partial charge in [0.15, 0.2) is 5.54 Å². The summed E-state index contributed by atoms with van der Waals surface area (Å²) in [6, 6.07) is 19.0. The van der Waals surface area contributed by atoms with Crippen molar-refractivity contribution in [2.45, 2.75) is 38.1 Å². The number of rotatable bonds is 6. The number of benzene rings is 2. The van der Waals surface area contributed by atoms with Gasteiger partial charge in [0, 0.05) is 17.9 Å². The highest BCUT2D eigenvalue weighted by atomic mass is 16.6. The maximum Gasteiger partial charge on any atom is 0.341 e. The van der Waals surface area contributed by atoms with Crippen molar-refractivity contribution in [1.82, 2.24) is 0 Å². The summed E-state index contributed by atoms with van der Waals surface area (Å²) in [5, 5.41) is 0. The van der Waals surface area contributed by atoms with Crippen molar-refractivity contribution in [3.63, 3.8) is 0 Å². The summed E-state index contributed by atoms with van der Waals surface area (Å²) in [5.41, 5.74) is 0.619. The number of carbonyl (C=O) groups excluding carboxylic acids is 2. The zero-order valence-corrected chi connectivity index (χ0v) is 14.4. The standard InChI is InChI=1S/C21H21NO3/c1-3-21(18(14-15(2)23)16-10-6-4-7-11-16)20(24)25-19(22-21)17-12-8-5-9-13-17/h4-13,18H,3,14H2,1-2H3/t18-,21-/m1/s1. The third-order valence-corrected chi connectivity index (χ3v) is 4.67. The second-order valence-electron chi connectivity index (χ2n) is 6.32. The zero-order valence-electron chi connectivity index (χ0n) is 14.4. The highest BCUT2D eigenvalue weighted by Crippen LogP contribution is 2.42. The lowest BCUT2D eigenvalue weighted by Gasteiger charge is -2.30. The molecule has 0 aliphatic carbocycles. The van der Waals surface area contributed by atoms with E-state index in [0.29, 0.717) is 12.3 Å². The molecule has 128 valence electrons. The molecule has 3 rings (SSSR count). The number of ether oxygens (including phenoxy) is 1. The van der Waals surface area contributed by atoms with Crippen molar-refractivity contribution in [3.8, 4) is 0 Å². The van der Waals surface area contributed by atoms with Crippen molar-refractivity contribution in [1.29, 1.82) is 0 Å². The first-order chi connectivity index (χ1) is 12.1. The topological polar surface area (TPSA) is 55.7 Å². The molecule has 2 aromatic rings. The van der Waals surface area contributed by atoms with E-state index in [9.17, 15) is 9.59 Å². The van der Waals surface area contributed by atoms with Crippen molar-refractivity contribution in [3.05, 3.63) is 71.8 Å². The molecule has 1 heterocycles. The maximum atomic E-state index is 12.9. The number of hydrogen-bond donors (Lipinski definition) is 0. The molecule has 2 atom stereocenters. The van der Waals surface area contributed by atoms with Crippen LogP contribution in [-0.4, -0.2) is 23.2 Å². The summed E-state index contributed by atoms with van der Waals surface area (Å²) in [7, 11) is 0. The Bertz CT molecular complexity index is 798. The molecule has 0 unspecified atom stereocenters. The highest BCUT2D eigenvalue weighted by Gasteiger charge is 2.51. The molecule has 0 saturated heterocycles. The smallest absolute Gasteiger partial charge is 0.341 e. The number of aliphatic imine (C=N–C) groups is 1. The van der Waals surface area contributed by atoms with Gasteiger partial charge in [-0.1, -0.05) is 55.5 Å². The molecule has 0 aromatic heterocycles. The molecule has 1 aliphatic heterocycles. The van der Waals surface area contributed by atoms with Crippen LogP contribution in [-0.2, 0) is 14.3 Å². The van der Waals surface area contributed by atoms with Crippen LogP contribution in [0, 0.1) is 0 Å². The Hall–Kier alpha value is -2.75. The summed E-state index contributed by atoms with van der Waals surface area (Å²) >= 11 is 0. The lowest BCUT2D eigenvalue weighted by molar-refractivity contribution is -0.140. The largest absolute Gasteiger partial charge is 0.405 e. The first kappa shape index (κ1) is 17.1. The van der Waals surface area contributed by atoms with Crippen molar-refractivity contribution < 1.29 is 14.3 Å². The van der Waals surface area contributed by atoms with Crippen molar-refractivity contribution in [2.75, 3.05) is 0 Å². The third kappa shape index (κ3) is 3.25. The zero-order chi connectivity index (χ0) is 17.9. The van der Waals surface area contributed by atoms with Crippen LogP contribution in [0.15, 0.2) is 65.7 Å². The normalized spacial score (nSPS) is 20.7. The van der Waals surface area contributed by atoms with Crippen LogP contribution in [0.2, 0.25) is 0 Å². The van der Waals surface area contributed by atoms with Crippen LogP contribution in [0.5, 0.6) is 0 Å². The average molecular weight is 335 g/mol. The van der Waals surface area contributed by atoms with Gasteiger partial charge < -0.3 is 9.53 Å². The van der Waals surface area contributed by atoms with Gasteiger partial charge in [-0.05, 0) is 31.0 Å². The van der Waals surface area contributed by atoms with E-state index in [1.807, 2.05) is 67.6 Å². The minimum atomic E-state index is -1.07. The van der Waals surface area contributed by atoms with Gasteiger partial charge in [-0.3, -0.25) is 0 Å². The third-order valence-electron chi connectivity index (χ3n) is 4.67. The molecule has 4 heteroatoms. The number of hydrogen-bond acceptors (Lipinski definition) is 4. The fourth-order valence-corrected chi connectivity index (χ4v) is 3.36. The van der Waals surface area contributed by atoms with E-state index in [4.69, 9.17) is 9.73 Å². The van der Waals surface area contributed by atoms with Crippen LogP contribution >= 0.6 is 0 Å². The van der Waals surface area contributed by atoms with Gasteiger partial charge in [0.05, 0.1) is 0 Å². The molecule has 0 radical (unpaired) electrons. The number of ketones is 1. The SMILES string of the molecule is CC[C@]1([C@H](CC(C)=O)c2ccccc2)N=C(c2ccccc2)OC1=O. The molecule has 0 N–H and O–H groups in total. The summed E-state index contributed by atoms with van der Waals surface area (Å²) in [5.74, 6) is -0.372. The Morgan fingerprint density at radius 2 is 1.68 bits per heavy atom. The molecular formula is C21H21NO3. The fourth-order valence-electron chi connectivity index (χ4n) is 3.36. The molecule has 0 saturated carbocycles. The van der Waals surface area contributed by atoms with Gasteiger partial charge in [0.25, 0.3) is 0 Å². The van der Waals surface area contributed by atoms with E-state index >= 15 is 0 Å². The second kappa shape index (κ2) is 7.01. The first-order valence-electron chi connectivity index (χ1n) is 8.48. The summed E-state index contributed by atoms with van der Waals surface area (Å²) in [6.07, 6.45) is 0.716. The molecule has 0 amide bonds. The average Bonchev–Trinajstić information content (AvgIpc) is 2.98. The lowest BCUT2D eigenvalue weighted by Crippen LogP contribution is -2.40. The molecule has 0 spiro atoms. The van der Waals surface area contributed by atoms with E-state index < -0.39 is 5.54 Å². The monoisotopic (exact) mass is 335 g/mol. The number of cyclic esters (lactones) is 1. The van der Waals surface area contributed by atoms with Gasteiger partial charge in [-0.15, -0.1) is 0 Å². The maximum absolute atomic E-state index is 12.9. The van der Waals surface area contributed by atoms with Crippen molar-refractivity contribution in [2.24, 2.45) is 4.99 Å². The quantitative estimate of drug-likeness (QED) is 0.752. The van der Waals surface area contributed by atoms with E-state index in [1.165, 1.54) is 0 Å². The highest BCUT2D eigenvalue weighted by molar-refractivity contribution is 6.08. The van der Waals surface area contributed by atoms with E-state index in [2.05, 4.69) is 0 Å². The molecule has 1 aliphatic rings. The molecule has 2 aromatic carbocycles. The predicted octanol–water partition coefficient (Wildman–Crippen LogP) is 3.90. The van der Waals surface area contributed by atoms with Gasteiger partial charge >= 0.3 is 5.97 Å². The van der Waals surface area contributed by atoms with Crippen LogP contribution in [0.25, 0.3) is 0 Å². The fraction of sp³-hybridized carbons (Fsp3) is 0.286. The van der Waals surface area contributed by atoms with E-state index in [0.717, 1.165) is 11.1 Å². The molecule has 4 nitrogen and oxygen atoms in total. The van der Waals surface area contributed by atoms with Crippen LogP contribution in [0.4, 0.5) is 0 Å². The Balaban J connectivity index is 2.09. The predicted molar refractivity (Wildman–Crippen MR) is 96.6 cm³/mol. The summed E-state index contributed by atoms with van der Waals surface area (Å²) < 4.78 is 5.54. The number of Topliss-reactive ketones (excluding diaryl/α,β-unsaturated/α-hetero) is 1. The number of esters is 1. The van der Waals surface area contributed by atoms with E-state index in [-0.39, 0.29) is 24.1 Å². The molecule has 0 bridgehead atoms. The van der Waals surface area contributed by atoms with Crippen LogP contribution in [0.1, 0.15) is 43.7 Å². The van der Waals surface area contributed by atoms with Gasteiger partial charge in [0.1, 0.15) is 5.78 Å². The lowest BCUT2D eigenvalue weighted by atomic mass is 9.75. The Morgan fingerprint density at radius 1 is 1.08 bits per heavy atom. The summed E-state index contributed by atoms with van der Waals surface area (Å²) in [4.78, 5) is 29.5. The summed E-state index contributed by atoms with van der Waals surface area (Å²) in [6.45, 7) is 3.45. The Labute approximate surface area is 147 Å². The van der Waals surface area contributed by atoms with Gasteiger partial charge in [0.2, 0.25) is 5.90 Å². The van der Waals surface area contributed by atoms with Gasteiger partial charge in [-0.2, -0.15) is 0 Å². The molecule has 0 fully saturated rings. The molecular weight excluding hydrogens is 314 g/mol. The Morgan fingerprint density at radius 3 is 2.24 bits per heavy atom. The number of nitrogens with zero attached hydrogens (tertiary/aromatic N) is 1. The van der Waals surface area contributed by atoms with Crippen LogP contribution in [0.3, 0.4) is 0 Å². The van der Waals surface area contributed by atoms with Crippen LogP contribution < -0.4 is 0 Å². The minimum Gasteiger partial charge on any atom is -0.405 e. The van der Waals surface area contributed by atoms with Gasteiger partial charge in [-0.25, -0.2) is 9.79 Å². The number of carbonyl (C=O) groups is 2.